The third-order valence-electron chi connectivity index (χ3n) is 10.7. The molecular formula is C54H36N2. The number of fused-ring (bicyclic) bond motifs is 3. The molecule has 0 saturated carbocycles. The average molecular weight is 713 g/mol. The van der Waals surface area contributed by atoms with E-state index in [9.17, 15) is 0 Å². The van der Waals surface area contributed by atoms with Crippen molar-refractivity contribution in [2.24, 2.45) is 0 Å². The lowest BCUT2D eigenvalue weighted by Crippen LogP contribution is -1.93. The summed E-state index contributed by atoms with van der Waals surface area (Å²) in [5, 5.41) is 3.59. The van der Waals surface area contributed by atoms with Gasteiger partial charge in [-0.15, -0.1) is 0 Å². The quantitative estimate of drug-likeness (QED) is 0.154. The molecule has 8 aromatic carbocycles. The molecule has 10 rings (SSSR count). The highest BCUT2D eigenvalue weighted by Gasteiger charge is 2.16. The largest absolute Gasteiger partial charge is 0.248 e. The van der Waals surface area contributed by atoms with Crippen molar-refractivity contribution in [1.29, 1.82) is 0 Å². The molecule has 0 bridgehead atoms. The van der Waals surface area contributed by atoms with Crippen molar-refractivity contribution in [1.82, 2.24) is 9.97 Å². The van der Waals surface area contributed by atoms with E-state index in [1.54, 1.807) is 0 Å². The number of rotatable bonds is 7. The monoisotopic (exact) mass is 712 g/mol. The van der Waals surface area contributed by atoms with Crippen LogP contribution in [-0.4, -0.2) is 9.97 Å². The van der Waals surface area contributed by atoms with E-state index in [0.717, 1.165) is 56.0 Å². The van der Waals surface area contributed by atoms with Gasteiger partial charge in [0.2, 0.25) is 0 Å². The van der Waals surface area contributed by atoms with Crippen LogP contribution in [0.3, 0.4) is 0 Å². The van der Waals surface area contributed by atoms with Crippen LogP contribution in [0.5, 0.6) is 0 Å². The van der Waals surface area contributed by atoms with Gasteiger partial charge in [-0.05, 0) is 79.5 Å². The molecule has 0 fully saturated rings. The lowest BCUT2D eigenvalue weighted by atomic mass is 9.90. The zero-order valence-corrected chi connectivity index (χ0v) is 30.7. The van der Waals surface area contributed by atoms with Gasteiger partial charge < -0.3 is 0 Å². The van der Waals surface area contributed by atoms with Crippen molar-refractivity contribution in [3.8, 4) is 78.3 Å². The zero-order valence-electron chi connectivity index (χ0n) is 30.7. The van der Waals surface area contributed by atoms with Crippen LogP contribution in [0.2, 0.25) is 0 Å². The lowest BCUT2D eigenvalue weighted by Gasteiger charge is -2.16. The summed E-state index contributed by atoms with van der Waals surface area (Å²) in [5.41, 5.74) is 16.5. The summed E-state index contributed by atoms with van der Waals surface area (Å²) in [4.78, 5) is 10.4. The van der Waals surface area contributed by atoms with Crippen LogP contribution in [0.25, 0.3) is 100.0 Å². The van der Waals surface area contributed by atoms with Crippen LogP contribution in [0, 0.1) is 0 Å². The van der Waals surface area contributed by atoms with Crippen molar-refractivity contribution in [2.75, 3.05) is 0 Å². The van der Waals surface area contributed by atoms with E-state index in [0.29, 0.717) is 0 Å². The Hall–Kier alpha value is -7.42. The first kappa shape index (κ1) is 33.2. The third kappa shape index (κ3) is 6.34. The average Bonchev–Trinajstić information content (AvgIpc) is 3.29. The third-order valence-corrected chi connectivity index (χ3v) is 10.7. The molecule has 2 aromatic heterocycles. The first-order chi connectivity index (χ1) is 27.7. The van der Waals surface area contributed by atoms with Crippen LogP contribution in [-0.2, 0) is 0 Å². The Labute approximate surface area is 327 Å². The molecular weight excluding hydrogens is 677 g/mol. The van der Waals surface area contributed by atoms with Gasteiger partial charge in [-0.1, -0.05) is 194 Å². The summed E-state index contributed by atoms with van der Waals surface area (Å²) in [6.07, 6.45) is 0. The molecule has 56 heavy (non-hydrogen) atoms. The molecule has 0 amide bonds. The van der Waals surface area contributed by atoms with Crippen LogP contribution in [0.1, 0.15) is 0 Å². The fourth-order valence-corrected chi connectivity index (χ4v) is 7.85. The number of aromatic nitrogens is 2. The summed E-state index contributed by atoms with van der Waals surface area (Å²) in [7, 11) is 0. The van der Waals surface area contributed by atoms with Gasteiger partial charge in [0.1, 0.15) is 0 Å². The molecule has 0 aliphatic rings. The summed E-state index contributed by atoms with van der Waals surface area (Å²) in [6, 6.07) is 77.5. The Bertz CT molecular complexity index is 2900. The normalized spacial score (nSPS) is 11.2. The highest BCUT2D eigenvalue weighted by atomic mass is 14.7. The summed E-state index contributed by atoms with van der Waals surface area (Å²) < 4.78 is 0. The fourth-order valence-electron chi connectivity index (χ4n) is 7.85. The summed E-state index contributed by atoms with van der Waals surface area (Å²) in [5.74, 6) is 0. The fraction of sp³-hybridized carbons (Fsp3) is 0. The van der Waals surface area contributed by atoms with Gasteiger partial charge in [0, 0.05) is 22.1 Å². The second-order valence-corrected chi connectivity index (χ2v) is 14.2. The molecule has 0 atom stereocenters. The molecule has 0 N–H and O–H groups in total. The Morgan fingerprint density at radius 2 is 0.607 bits per heavy atom. The minimum atomic E-state index is 0.964. The maximum Gasteiger partial charge on any atom is 0.0728 e. The highest BCUT2D eigenvalue weighted by molar-refractivity contribution is 6.18. The standard InChI is InChI=1S/C54H36N2/c1-5-15-40(16-6-1)49-36-52(44-21-11-4-12-22-44)56-53-35-48(46-23-13-14-24-47(46)54(49)53)41-31-29-38(30-32-41)37-25-27-39(28-26-37)45-33-50(42-17-7-2-8-18-42)55-51(34-45)43-19-9-3-10-20-43/h1-36H. The molecule has 2 heterocycles. The van der Waals surface area contributed by atoms with Crippen LogP contribution >= 0.6 is 0 Å². The SMILES string of the molecule is c1ccc(-c2cc(-c3ccc(-c4ccc(-c5cc6nc(-c7ccccc7)cc(-c7ccccc7)c6c6ccccc56)cc4)cc3)cc(-c3ccccc3)n2)cc1. The molecule has 0 saturated heterocycles. The second kappa shape index (κ2) is 14.4. The van der Waals surface area contributed by atoms with Gasteiger partial charge in [-0.25, -0.2) is 9.97 Å². The minimum Gasteiger partial charge on any atom is -0.248 e. The Morgan fingerprint density at radius 1 is 0.232 bits per heavy atom. The smallest absolute Gasteiger partial charge is 0.0728 e. The van der Waals surface area contributed by atoms with E-state index in [-0.39, 0.29) is 0 Å². The van der Waals surface area contributed by atoms with E-state index in [2.05, 4.69) is 206 Å². The van der Waals surface area contributed by atoms with Crippen LogP contribution in [0.4, 0.5) is 0 Å². The summed E-state index contributed by atoms with van der Waals surface area (Å²) >= 11 is 0. The number of hydrogen-bond acceptors (Lipinski definition) is 2. The first-order valence-corrected chi connectivity index (χ1v) is 19.1. The van der Waals surface area contributed by atoms with Gasteiger partial charge in [0.25, 0.3) is 0 Å². The molecule has 0 spiro atoms. The van der Waals surface area contributed by atoms with Crippen molar-refractivity contribution in [3.05, 3.63) is 218 Å². The lowest BCUT2D eigenvalue weighted by molar-refractivity contribution is 1.32. The van der Waals surface area contributed by atoms with Gasteiger partial charge in [-0.3, -0.25) is 0 Å². The van der Waals surface area contributed by atoms with E-state index in [1.807, 2.05) is 12.1 Å². The Morgan fingerprint density at radius 3 is 1.11 bits per heavy atom. The Balaban J connectivity index is 1.03. The number of hydrogen-bond donors (Lipinski definition) is 0. The Kier molecular flexibility index (Phi) is 8.55. The molecule has 2 nitrogen and oxygen atoms in total. The predicted molar refractivity (Wildman–Crippen MR) is 235 cm³/mol. The van der Waals surface area contributed by atoms with Gasteiger partial charge in [0.15, 0.2) is 0 Å². The van der Waals surface area contributed by atoms with E-state index < -0.39 is 0 Å². The topological polar surface area (TPSA) is 25.8 Å². The zero-order chi connectivity index (χ0) is 37.3. The molecule has 0 aliphatic heterocycles. The maximum absolute atomic E-state index is 5.31. The maximum atomic E-state index is 5.31. The van der Waals surface area contributed by atoms with Crippen molar-refractivity contribution >= 4 is 21.7 Å². The number of pyridine rings is 2. The van der Waals surface area contributed by atoms with Crippen molar-refractivity contribution in [2.45, 2.75) is 0 Å². The van der Waals surface area contributed by atoms with E-state index >= 15 is 0 Å². The molecule has 0 radical (unpaired) electrons. The molecule has 0 unspecified atom stereocenters. The molecule has 2 heteroatoms. The predicted octanol–water partition coefficient (Wildman–Crippen LogP) is 14.5. The van der Waals surface area contributed by atoms with Crippen LogP contribution in [0.15, 0.2) is 218 Å². The van der Waals surface area contributed by atoms with Crippen molar-refractivity contribution < 1.29 is 0 Å². The first-order valence-electron chi connectivity index (χ1n) is 19.1. The van der Waals surface area contributed by atoms with Crippen LogP contribution < -0.4 is 0 Å². The van der Waals surface area contributed by atoms with E-state index in [1.165, 1.54) is 44.0 Å². The minimum absolute atomic E-state index is 0.964. The van der Waals surface area contributed by atoms with E-state index in [4.69, 9.17) is 9.97 Å². The summed E-state index contributed by atoms with van der Waals surface area (Å²) in [6.45, 7) is 0. The van der Waals surface area contributed by atoms with Gasteiger partial charge in [-0.2, -0.15) is 0 Å². The molecule has 0 aliphatic carbocycles. The number of nitrogens with zero attached hydrogens (tertiary/aromatic N) is 2. The van der Waals surface area contributed by atoms with Gasteiger partial charge >= 0.3 is 0 Å². The highest BCUT2D eigenvalue weighted by Crippen LogP contribution is 2.41. The second-order valence-electron chi connectivity index (χ2n) is 14.2. The van der Waals surface area contributed by atoms with Gasteiger partial charge in [0.05, 0.1) is 22.6 Å². The molecule has 262 valence electrons. The molecule has 10 aromatic rings. The number of benzene rings is 8. The van der Waals surface area contributed by atoms with Crippen molar-refractivity contribution in [3.63, 3.8) is 0 Å².